The molecule has 0 aliphatic heterocycles. The number of rotatable bonds is 7. The van der Waals surface area contributed by atoms with Gasteiger partial charge in [0.05, 0.1) is 33.1 Å². The fraction of sp³-hybridized carbons (Fsp3) is 0.348. The second-order valence-electron chi connectivity index (χ2n) is 8.34. The molecule has 1 unspecified atom stereocenters. The third kappa shape index (κ3) is 7.41. The molecule has 31 heavy (non-hydrogen) atoms. The SMILES string of the molecule is CN(C)C(=O)c1cc(-c2ccc(F)cc2F)ccc1OC(=O)CC(O)C[N+](C)(C)C.[CH3-]. The molecule has 170 valence electrons. The van der Waals surface area contributed by atoms with Crippen LogP contribution in [0.3, 0.4) is 0 Å². The number of carbonyl (C=O) groups is 2. The lowest BCUT2D eigenvalue weighted by atomic mass is 10.0. The summed E-state index contributed by atoms with van der Waals surface area (Å²) in [5.74, 6) is -2.62. The van der Waals surface area contributed by atoms with E-state index < -0.39 is 29.6 Å². The Morgan fingerprint density at radius 2 is 1.74 bits per heavy atom. The van der Waals surface area contributed by atoms with Gasteiger partial charge in [0.15, 0.2) is 0 Å². The van der Waals surface area contributed by atoms with E-state index in [1.54, 1.807) is 0 Å². The van der Waals surface area contributed by atoms with Crippen LogP contribution in [0.25, 0.3) is 11.1 Å². The van der Waals surface area contributed by atoms with Gasteiger partial charge in [-0.25, -0.2) is 8.78 Å². The molecule has 0 bridgehead atoms. The minimum absolute atomic E-state index is 0. The number of ether oxygens (including phenoxy) is 1. The monoisotopic (exact) mass is 436 g/mol. The van der Waals surface area contributed by atoms with Crippen LogP contribution in [0.4, 0.5) is 8.78 Å². The van der Waals surface area contributed by atoms with Gasteiger partial charge >= 0.3 is 5.97 Å². The zero-order valence-electron chi connectivity index (χ0n) is 18.8. The van der Waals surface area contributed by atoms with Crippen molar-refractivity contribution in [2.75, 3.05) is 41.8 Å². The van der Waals surface area contributed by atoms with Crippen molar-refractivity contribution in [1.82, 2.24) is 4.90 Å². The zero-order valence-corrected chi connectivity index (χ0v) is 18.8. The van der Waals surface area contributed by atoms with Crippen LogP contribution in [0.1, 0.15) is 16.8 Å². The Hall–Kier alpha value is -2.84. The third-order valence-electron chi connectivity index (χ3n) is 4.24. The van der Waals surface area contributed by atoms with E-state index in [-0.39, 0.29) is 30.7 Å². The fourth-order valence-electron chi connectivity index (χ4n) is 2.97. The van der Waals surface area contributed by atoms with Crippen LogP contribution in [0.5, 0.6) is 5.75 Å². The first-order valence-corrected chi connectivity index (χ1v) is 9.37. The van der Waals surface area contributed by atoms with E-state index in [4.69, 9.17) is 4.74 Å². The molecule has 0 aromatic heterocycles. The molecule has 8 heteroatoms. The van der Waals surface area contributed by atoms with Gasteiger partial charge in [0.2, 0.25) is 0 Å². The first-order valence-electron chi connectivity index (χ1n) is 9.37. The summed E-state index contributed by atoms with van der Waals surface area (Å²) in [5.41, 5.74) is 0.499. The molecule has 1 amide bonds. The van der Waals surface area contributed by atoms with Gasteiger partial charge in [0.25, 0.3) is 5.91 Å². The minimum atomic E-state index is -0.905. The van der Waals surface area contributed by atoms with E-state index in [1.807, 2.05) is 21.1 Å². The maximum Gasteiger partial charge on any atom is 0.314 e. The van der Waals surface area contributed by atoms with Crippen molar-refractivity contribution in [1.29, 1.82) is 0 Å². The fourth-order valence-corrected chi connectivity index (χ4v) is 2.97. The molecular weight excluding hydrogens is 406 g/mol. The molecule has 2 aromatic carbocycles. The number of carbonyl (C=O) groups excluding carboxylic acids is 2. The molecule has 0 aliphatic rings. The highest BCUT2D eigenvalue weighted by atomic mass is 19.1. The Morgan fingerprint density at radius 1 is 1.10 bits per heavy atom. The number of nitrogens with zero attached hydrogens (tertiary/aromatic N) is 2. The van der Waals surface area contributed by atoms with Crippen molar-refractivity contribution in [3.05, 3.63) is 61.0 Å². The maximum absolute atomic E-state index is 14.2. The Labute approximate surface area is 182 Å². The number of amides is 1. The molecule has 0 fully saturated rings. The number of quaternary nitrogens is 1. The van der Waals surface area contributed by atoms with Gasteiger partial charge in [-0.3, -0.25) is 9.59 Å². The zero-order chi connectivity index (χ0) is 22.6. The smallest absolute Gasteiger partial charge is 0.314 e. The van der Waals surface area contributed by atoms with Crippen LogP contribution >= 0.6 is 0 Å². The summed E-state index contributed by atoms with van der Waals surface area (Å²) in [4.78, 5) is 26.2. The number of aliphatic hydroxyl groups excluding tert-OH is 1. The van der Waals surface area contributed by atoms with Gasteiger partial charge in [0.1, 0.15) is 30.0 Å². The summed E-state index contributed by atoms with van der Waals surface area (Å²) in [6.45, 7) is 0.349. The van der Waals surface area contributed by atoms with Crippen LogP contribution in [-0.2, 0) is 4.79 Å². The minimum Gasteiger partial charge on any atom is -0.426 e. The molecule has 0 saturated carbocycles. The van der Waals surface area contributed by atoms with Crippen LogP contribution in [0.2, 0.25) is 0 Å². The molecule has 6 nitrogen and oxygen atoms in total. The summed E-state index contributed by atoms with van der Waals surface area (Å²) in [6.07, 6.45) is -1.14. The summed E-state index contributed by atoms with van der Waals surface area (Å²) in [6, 6.07) is 7.41. The average Bonchev–Trinajstić information content (AvgIpc) is 2.59. The molecule has 0 aliphatic carbocycles. The number of hydrogen-bond donors (Lipinski definition) is 1. The topological polar surface area (TPSA) is 66.8 Å². The molecular formula is C23H30F2N2O4. The standard InChI is InChI=1S/C22H27F2N2O4.CH3/c1-25(2)22(29)18-10-14(17-8-7-15(23)11-19(17)24)6-9-20(18)30-21(28)12-16(27)13-26(3,4)5;/h6-11,16,27H,12-13H2,1-5H3;1H3/q+1;-1. The number of esters is 1. The van der Waals surface area contributed by atoms with Crippen molar-refractivity contribution in [2.45, 2.75) is 12.5 Å². The quantitative estimate of drug-likeness (QED) is 0.313. The van der Waals surface area contributed by atoms with Gasteiger partial charge in [-0.2, -0.15) is 0 Å². The Kier molecular flexibility index (Phi) is 8.84. The summed E-state index contributed by atoms with van der Waals surface area (Å²) in [5, 5.41) is 10.1. The summed E-state index contributed by atoms with van der Waals surface area (Å²) >= 11 is 0. The lowest BCUT2D eigenvalue weighted by Crippen LogP contribution is -2.42. The first-order chi connectivity index (χ1) is 13.9. The van der Waals surface area contributed by atoms with Gasteiger partial charge in [-0.1, -0.05) is 6.07 Å². The van der Waals surface area contributed by atoms with Crippen LogP contribution < -0.4 is 4.74 Å². The highest BCUT2D eigenvalue weighted by molar-refractivity contribution is 5.98. The van der Waals surface area contributed by atoms with E-state index in [2.05, 4.69) is 0 Å². The van der Waals surface area contributed by atoms with Gasteiger partial charge in [-0.15, -0.1) is 0 Å². The number of halogens is 2. The second-order valence-corrected chi connectivity index (χ2v) is 8.34. The van der Waals surface area contributed by atoms with E-state index >= 15 is 0 Å². The molecule has 1 atom stereocenters. The molecule has 0 spiro atoms. The van der Waals surface area contributed by atoms with Crippen molar-refractivity contribution < 1.29 is 32.7 Å². The third-order valence-corrected chi connectivity index (χ3v) is 4.24. The van der Waals surface area contributed by atoms with Crippen LogP contribution in [0, 0.1) is 19.1 Å². The average molecular weight is 436 g/mol. The van der Waals surface area contributed by atoms with E-state index in [9.17, 15) is 23.5 Å². The van der Waals surface area contributed by atoms with Crippen molar-refractivity contribution in [3.8, 4) is 16.9 Å². The Balaban J connectivity index is 0.00000480. The van der Waals surface area contributed by atoms with Gasteiger partial charge in [0, 0.05) is 25.7 Å². The predicted molar refractivity (Wildman–Crippen MR) is 115 cm³/mol. The highest BCUT2D eigenvalue weighted by Gasteiger charge is 2.23. The molecule has 0 radical (unpaired) electrons. The number of benzene rings is 2. The van der Waals surface area contributed by atoms with E-state index in [0.29, 0.717) is 16.6 Å². The second kappa shape index (κ2) is 10.5. The number of hydrogen-bond acceptors (Lipinski definition) is 4. The highest BCUT2D eigenvalue weighted by Crippen LogP contribution is 2.30. The number of aliphatic hydroxyl groups is 1. The molecule has 2 rings (SSSR count). The number of likely N-dealkylation sites (N-methyl/N-ethyl adjacent to an activating group) is 1. The first kappa shape index (κ1) is 26.2. The molecule has 1 N–H and O–H groups in total. The van der Waals surface area contributed by atoms with Crippen molar-refractivity contribution in [2.24, 2.45) is 0 Å². The van der Waals surface area contributed by atoms with Crippen LogP contribution in [-0.4, -0.2) is 74.3 Å². The lowest BCUT2D eigenvalue weighted by molar-refractivity contribution is -0.873. The predicted octanol–water partition coefficient (Wildman–Crippen LogP) is 3.15. The van der Waals surface area contributed by atoms with E-state index in [0.717, 1.165) is 12.1 Å². The van der Waals surface area contributed by atoms with Crippen molar-refractivity contribution in [3.63, 3.8) is 0 Å². The molecule has 0 heterocycles. The van der Waals surface area contributed by atoms with Gasteiger partial charge in [-0.05, 0) is 29.8 Å². The van der Waals surface area contributed by atoms with Crippen molar-refractivity contribution >= 4 is 11.9 Å². The van der Waals surface area contributed by atoms with Crippen LogP contribution in [0.15, 0.2) is 36.4 Å². The molecule has 0 saturated heterocycles. The maximum atomic E-state index is 14.2. The van der Waals surface area contributed by atoms with Gasteiger partial charge < -0.3 is 26.7 Å². The summed E-state index contributed by atoms with van der Waals surface area (Å²) < 4.78 is 33.2. The Morgan fingerprint density at radius 3 is 2.29 bits per heavy atom. The Bertz CT molecular complexity index is 940. The summed E-state index contributed by atoms with van der Waals surface area (Å²) in [7, 11) is 8.72. The molecule has 2 aromatic rings. The largest absolute Gasteiger partial charge is 0.426 e. The lowest BCUT2D eigenvalue weighted by Gasteiger charge is -2.26. The van der Waals surface area contributed by atoms with E-state index in [1.165, 1.54) is 43.3 Å². The normalized spacial score (nSPS) is 12.0.